The molecule has 156 valence electrons. The monoisotopic (exact) mass is 418 g/mol. The van der Waals surface area contributed by atoms with E-state index in [9.17, 15) is 22.8 Å². The molecule has 0 spiro atoms. The smallest absolute Gasteiger partial charge is 0.435 e. The lowest BCUT2D eigenvalue weighted by molar-refractivity contribution is -0.114. The first-order chi connectivity index (χ1) is 14.2. The molecule has 1 aliphatic rings. The molecule has 0 unspecified atom stereocenters. The van der Waals surface area contributed by atoms with Crippen LogP contribution in [-0.2, 0) is 9.53 Å². The van der Waals surface area contributed by atoms with Crippen molar-refractivity contribution in [2.24, 2.45) is 5.10 Å². The molecule has 0 radical (unpaired) electrons. The van der Waals surface area contributed by atoms with Gasteiger partial charge in [-0.05, 0) is 55.0 Å². The van der Waals surface area contributed by atoms with Crippen LogP contribution in [0.5, 0.6) is 5.75 Å². The number of nitrogens with zero attached hydrogens (tertiary/aromatic N) is 2. The number of halogens is 3. The van der Waals surface area contributed by atoms with Gasteiger partial charge in [-0.3, -0.25) is 4.79 Å². The average molecular weight is 418 g/mol. The quantitative estimate of drug-likeness (QED) is 0.539. The van der Waals surface area contributed by atoms with Gasteiger partial charge >= 0.3 is 12.1 Å². The number of benzene rings is 2. The molecule has 2 aromatic rings. The molecule has 1 amide bonds. The van der Waals surface area contributed by atoms with Crippen molar-refractivity contribution in [3.8, 4) is 5.75 Å². The van der Waals surface area contributed by atoms with Gasteiger partial charge in [0.25, 0.3) is 5.91 Å². The van der Waals surface area contributed by atoms with E-state index in [0.29, 0.717) is 16.3 Å². The summed E-state index contributed by atoms with van der Waals surface area (Å²) in [5.74, 6) is -0.971. The highest BCUT2D eigenvalue weighted by Crippen LogP contribution is 2.33. The van der Waals surface area contributed by atoms with Crippen molar-refractivity contribution < 1.29 is 32.2 Å². The van der Waals surface area contributed by atoms with E-state index < -0.39 is 29.3 Å². The van der Waals surface area contributed by atoms with E-state index in [1.807, 2.05) is 0 Å². The van der Waals surface area contributed by atoms with E-state index in [0.717, 1.165) is 6.08 Å². The standard InChI is InChI=1S/C21H17F3N2O4/c1-3-30-20(28)14-6-8-15(9-7-14)26-19(27)17(18(25-26)21(22,23)24)12-13-4-10-16(29-2)11-5-13/h4-12H,3H2,1-2H3/b17-12-. The van der Waals surface area contributed by atoms with E-state index in [1.54, 1.807) is 19.1 Å². The highest BCUT2D eigenvalue weighted by atomic mass is 19.4. The molecule has 0 aromatic heterocycles. The molecule has 0 saturated heterocycles. The fourth-order valence-corrected chi connectivity index (χ4v) is 2.75. The Balaban J connectivity index is 1.95. The molecule has 0 N–H and O–H groups in total. The number of carbonyl (C=O) groups is 2. The number of anilines is 1. The minimum absolute atomic E-state index is 0.0907. The molecular formula is C21H17F3N2O4. The van der Waals surface area contributed by atoms with Crippen LogP contribution in [0.15, 0.2) is 59.2 Å². The largest absolute Gasteiger partial charge is 0.497 e. The number of hydrogen-bond acceptors (Lipinski definition) is 5. The van der Waals surface area contributed by atoms with Gasteiger partial charge in [0.2, 0.25) is 0 Å². The second kappa shape index (κ2) is 8.40. The van der Waals surface area contributed by atoms with Gasteiger partial charge < -0.3 is 9.47 Å². The van der Waals surface area contributed by atoms with Gasteiger partial charge in [0.15, 0.2) is 5.71 Å². The van der Waals surface area contributed by atoms with Crippen molar-refractivity contribution in [1.29, 1.82) is 0 Å². The van der Waals surface area contributed by atoms with Crippen LogP contribution < -0.4 is 9.75 Å². The van der Waals surface area contributed by atoms with Gasteiger partial charge in [-0.2, -0.15) is 23.3 Å². The third-order valence-electron chi connectivity index (χ3n) is 4.20. The number of ether oxygens (including phenoxy) is 2. The first kappa shape index (κ1) is 21.1. The first-order valence-corrected chi connectivity index (χ1v) is 8.88. The molecule has 0 aliphatic carbocycles. The molecule has 9 heteroatoms. The minimum atomic E-state index is -4.83. The molecule has 1 heterocycles. The maximum absolute atomic E-state index is 13.5. The van der Waals surface area contributed by atoms with Crippen molar-refractivity contribution in [1.82, 2.24) is 0 Å². The number of esters is 1. The maximum Gasteiger partial charge on any atom is 0.435 e. The summed E-state index contributed by atoms with van der Waals surface area (Å²) in [5.41, 5.74) is -1.19. The lowest BCUT2D eigenvalue weighted by Crippen LogP contribution is -2.25. The fourth-order valence-electron chi connectivity index (χ4n) is 2.75. The first-order valence-electron chi connectivity index (χ1n) is 8.88. The zero-order chi connectivity index (χ0) is 21.9. The van der Waals surface area contributed by atoms with E-state index in [1.165, 1.54) is 43.5 Å². The predicted molar refractivity (Wildman–Crippen MR) is 104 cm³/mol. The van der Waals surface area contributed by atoms with E-state index in [4.69, 9.17) is 9.47 Å². The van der Waals surface area contributed by atoms with Gasteiger partial charge in [0, 0.05) is 0 Å². The third-order valence-corrected chi connectivity index (χ3v) is 4.20. The Kier molecular flexibility index (Phi) is 5.91. The number of rotatable bonds is 5. The van der Waals surface area contributed by atoms with Crippen LogP contribution in [0.4, 0.5) is 18.9 Å². The van der Waals surface area contributed by atoms with Crippen LogP contribution in [0.2, 0.25) is 0 Å². The fraction of sp³-hybridized carbons (Fsp3) is 0.190. The lowest BCUT2D eigenvalue weighted by Gasteiger charge is -2.12. The number of carbonyl (C=O) groups excluding carboxylic acids is 2. The third kappa shape index (κ3) is 4.35. The van der Waals surface area contributed by atoms with Crippen LogP contribution in [-0.4, -0.2) is 37.5 Å². The topological polar surface area (TPSA) is 68.2 Å². The molecule has 6 nitrogen and oxygen atoms in total. The molecular weight excluding hydrogens is 401 g/mol. The zero-order valence-electron chi connectivity index (χ0n) is 16.1. The summed E-state index contributed by atoms with van der Waals surface area (Å²) >= 11 is 0. The normalized spacial score (nSPS) is 15.4. The second-order valence-corrected chi connectivity index (χ2v) is 6.16. The number of hydrazone groups is 1. The van der Waals surface area contributed by atoms with E-state index >= 15 is 0 Å². The van der Waals surface area contributed by atoms with Crippen molar-refractivity contribution in [3.05, 3.63) is 65.2 Å². The summed E-state index contributed by atoms with van der Waals surface area (Å²) < 4.78 is 50.4. The number of methoxy groups -OCH3 is 1. The van der Waals surface area contributed by atoms with Crippen molar-refractivity contribution in [2.45, 2.75) is 13.1 Å². The number of hydrogen-bond donors (Lipinski definition) is 0. The summed E-state index contributed by atoms with van der Waals surface area (Å²) in [6, 6.07) is 11.6. The van der Waals surface area contributed by atoms with E-state index in [-0.39, 0.29) is 17.9 Å². The Morgan fingerprint density at radius 2 is 1.73 bits per heavy atom. The Morgan fingerprint density at radius 1 is 1.10 bits per heavy atom. The molecule has 0 bridgehead atoms. The molecule has 0 fully saturated rings. The van der Waals surface area contributed by atoms with Crippen LogP contribution >= 0.6 is 0 Å². The Morgan fingerprint density at radius 3 is 2.27 bits per heavy atom. The Bertz CT molecular complexity index is 1010. The number of amides is 1. The van der Waals surface area contributed by atoms with Crippen LogP contribution in [0.3, 0.4) is 0 Å². The molecule has 30 heavy (non-hydrogen) atoms. The Labute approximate surface area is 170 Å². The van der Waals surface area contributed by atoms with Crippen molar-refractivity contribution >= 4 is 29.4 Å². The van der Waals surface area contributed by atoms with Gasteiger partial charge in [-0.1, -0.05) is 12.1 Å². The Hall–Kier alpha value is -3.62. The molecule has 3 rings (SSSR count). The van der Waals surface area contributed by atoms with Gasteiger partial charge in [-0.15, -0.1) is 0 Å². The van der Waals surface area contributed by atoms with E-state index in [2.05, 4.69) is 5.10 Å². The van der Waals surface area contributed by atoms with Crippen molar-refractivity contribution in [2.75, 3.05) is 18.7 Å². The summed E-state index contributed by atoms with van der Waals surface area (Å²) in [7, 11) is 1.47. The predicted octanol–water partition coefficient (Wildman–Crippen LogP) is 4.22. The minimum Gasteiger partial charge on any atom is -0.497 e. The molecule has 1 aliphatic heterocycles. The zero-order valence-corrected chi connectivity index (χ0v) is 16.1. The number of alkyl halides is 3. The molecule has 2 aromatic carbocycles. The van der Waals surface area contributed by atoms with Gasteiger partial charge in [-0.25, -0.2) is 4.79 Å². The average Bonchev–Trinajstić information content (AvgIpc) is 3.05. The maximum atomic E-state index is 13.5. The summed E-state index contributed by atoms with van der Waals surface area (Å²) in [6.45, 7) is 1.84. The van der Waals surface area contributed by atoms with Gasteiger partial charge in [0.1, 0.15) is 5.75 Å². The summed E-state index contributed by atoms with van der Waals surface area (Å²) in [6.07, 6.45) is -3.70. The molecule has 0 atom stereocenters. The second-order valence-electron chi connectivity index (χ2n) is 6.16. The highest BCUT2D eigenvalue weighted by molar-refractivity contribution is 6.34. The summed E-state index contributed by atoms with van der Waals surface area (Å²) in [4.78, 5) is 24.5. The van der Waals surface area contributed by atoms with Crippen LogP contribution in [0, 0.1) is 0 Å². The highest BCUT2D eigenvalue weighted by Gasteiger charge is 2.46. The SMILES string of the molecule is CCOC(=O)c1ccc(N2N=C(C(F)(F)F)/C(=C/c3ccc(OC)cc3)C2=O)cc1. The van der Waals surface area contributed by atoms with Crippen molar-refractivity contribution in [3.63, 3.8) is 0 Å². The van der Waals surface area contributed by atoms with Gasteiger partial charge in [0.05, 0.1) is 30.5 Å². The van der Waals surface area contributed by atoms with Crippen LogP contribution in [0.1, 0.15) is 22.8 Å². The summed E-state index contributed by atoms with van der Waals surface area (Å²) in [5, 5.41) is 4.16. The van der Waals surface area contributed by atoms with Crippen LogP contribution in [0.25, 0.3) is 6.08 Å². The lowest BCUT2D eigenvalue weighted by atomic mass is 10.1. The molecule has 0 saturated carbocycles.